The van der Waals surface area contributed by atoms with Crippen LogP contribution in [0.4, 0.5) is 13.2 Å². The summed E-state index contributed by atoms with van der Waals surface area (Å²) in [6, 6.07) is 4.08. The van der Waals surface area contributed by atoms with E-state index in [4.69, 9.17) is 15.0 Å². The lowest BCUT2D eigenvalue weighted by Gasteiger charge is -2.46. The zero-order valence-electron chi connectivity index (χ0n) is 20.5. The highest BCUT2D eigenvalue weighted by atomic mass is 19.4. The molecule has 0 saturated carbocycles. The normalized spacial score (nSPS) is 16.9. The molecule has 0 radical (unpaired) electrons. The van der Waals surface area contributed by atoms with E-state index in [1.807, 2.05) is 26.6 Å². The summed E-state index contributed by atoms with van der Waals surface area (Å²) in [5, 5.41) is 12.1. The van der Waals surface area contributed by atoms with Crippen molar-refractivity contribution in [3.63, 3.8) is 0 Å². The van der Waals surface area contributed by atoms with Crippen LogP contribution in [0.2, 0.25) is 0 Å². The summed E-state index contributed by atoms with van der Waals surface area (Å²) < 4.78 is 33.7. The number of piperidine rings is 1. The standard InChI is InChI=1S/C22H29N5O2.C2HF3O2/c1-16(2)27-14-19-13-26(20(29)11-18-5-4-8-23-12-18)15-22(21(19)24-27)6-9-25(10-7-22)17(3)28;3-2(4,5)1(6)7/h4-5,8,12,14,16H,6-7,9-11,13,15H2,1-3H3;(H,6,7). The molecular formula is C24H30F3N5O4. The second-order valence-corrected chi connectivity index (χ2v) is 9.45. The molecule has 9 nitrogen and oxygen atoms in total. The number of alkyl halides is 3. The quantitative estimate of drug-likeness (QED) is 0.682. The van der Waals surface area contributed by atoms with Crippen LogP contribution in [0.3, 0.4) is 0 Å². The lowest BCUT2D eigenvalue weighted by Crippen LogP contribution is -2.54. The number of carbonyl (C=O) groups is 3. The summed E-state index contributed by atoms with van der Waals surface area (Å²) in [7, 11) is 0. The number of aromatic nitrogens is 3. The highest BCUT2D eigenvalue weighted by Crippen LogP contribution is 2.41. The molecule has 0 bridgehead atoms. The Bertz CT molecular complexity index is 1090. The second kappa shape index (κ2) is 10.7. The first-order valence-corrected chi connectivity index (χ1v) is 11.6. The van der Waals surface area contributed by atoms with Crippen LogP contribution in [0.1, 0.15) is 56.5 Å². The molecule has 2 aliphatic heterocycles. The van der Waals surface area contributed by atoms with Gasteiger partial charge >= 0.3 is 12.1 Å². The monoisotopic (exact) mass is 509 g/mol. The zero-order chi connectivity index (χ0) is 26.7. The predicted molar refractivity (Wildman–Crippen MR) is 123 cm³/mol. The van der Waals surface area contributed by atoms with Crippen LogP contribution in [0.15, 0.2) is 30.7 Å². The Morgan fingerprint density at radius 2 is 1.81 bits per heavy atom. The van der Waals surface area contributed by atoms with Crippen LogP contribution in [-0.2, 0) is 32.8 Å². The van der Waals surface area contributed by atoms with Crippen LogP contribution in [0, 0.1) is 0 Å². The fourth-order valence-electron chi connectivity index (χ4n) is 4.57. The Kier molecular flexibility index (Phi) is 8.05. The predicted octanol–water partition coefficient (Wildman–Crippen LogP) is 2.96. The average Bonchev–Trinajstić information content (AvgIpc) is 3.26. The molecular weight excluding hydrogens is 479 g/mol. The van der Waals surface area contributed by atoms with Gasteiger partial charge < -0.3 is 14.9 Å². The molecule has 1 fully saturated rings. The van der Waals surface area contributed by atoms with Crippen molar-refractivity contribution < 1.29 is 32.7 Å². The van der Waals surface area contributed by atoms with Gasteiger partial charge in [-0.15, -0.1) is 0 Å². The summed E-state index contributed by atoms with van der Waals surface area (Å²) in [4.78, 5) is 41.8. The number of nitrogens with zero attached hydrogens (tertiary/aromatic N) is 5. The highest BCUT2D eigenvalue weighted by Gasteiger charge is 2.46. The Labute approximate surface area is 206 Å². The van der Waals surface area contributed by atoms with Crippen molar-refractivity contribution in [1.29, 1.82) is 0 Å². The Morgan fingerprint density at radius 1 is 1.17 bits per heavy atom. The minimum atomic E-state index is -5.08. The molecule has 2 aromatic heterocycles. The van der Waals surface area contributed by atoms with Gasteiger partial charge in [-0.25, -0.2) is 4.79 Å². The first-order chi connectivity index (χ1) is 16.8. The number of hydrogen-bond acceptors (Lipinski definition) is 5. The van der Waals surface area contributed by atoms with Crippen molar-refractivity contribution in [2.24, 2.45) is 0 Å². The molecule has 2 aliphatic rings. The second-order valence-electron chi connectivity index (χ2n) is 9.45. The molecule has 4 rings (SSSR count). The van der Waals surface area contributed by atoms with Crippen molar-refractivity contribution in [3.05, 3.63) is 47.5 Å². The Balaban J connectivity index is 0.000000454. The minimum absolute atomic E-state index is 0.119. The van der Waals surface area contributed by atoms with E-state index in [1.165, 1.54) is 0 Å². The van der Waals surface area contributed by atoms with Crippen LogP contribution in [0.5, 0.6) is 0 Å². The number of rotatable bonds is 3. The van der Waals surface area contributed by atoms with Gasteiger partial charge in [-0.1, -0.05) is 6.07 Å². The molecule has 0 aliphatic carbocycles. The molecule has 1 N–H and O–H groups in total. The summed E-state index contributed by atoms with van der Waals surface area (Å²) in [5.74, 6) is -2.52. The van der Waals surface area contributed by atoms with E-state index in [-0.39, 0.29) is 23.3 Å². The minimum Gasteiger partial charge on any atom is -0.475 e. The average molecular weight is 510 g/mol. The largest absolute Gasteiger partial charge is 0.490 e. The third-order valence-electron chi connectivity index (χ3n) is 6.53. The van der Waals surface area contributed by atoms with Gasteiger partial charge in [-0.2, -0.15) is 18.3 Å². The number of halogens is 3. The van der Waals surface area contributed by atoms with E-state index in [0.29, 0.717) is 32.6 Å². The van der Waals surface area contributed by atoms with E-state index >= 15 is 0 Å². The third-order valence-corrected chi connectivity index (χ3v) is 6.53. The summed E-state index contributed by atoms with van der Waals surface area (Å²) in [6.45, 7) is 8.56. The number of carboxylic acid groups (broad SMARTS) is 1. The van der Waals surface area contributed by atoms with Gasteiger partial charge in [0.25, 0.3) is 0 Å². The molecule has 0 aromatic carbocycles. The molecule has 196 valence electrons. The van der Waals surface area contributed by atoms with Crippen LogP contribution in [0.25, 0.3) is 0 Å². The maximum atomic E-state index is 13.1. The molecule has 1 saturated heterocycles. The molecule has 36 heavy (non-hydrogen) atoms. The van der Waals surface area contributed by atoms with Gasteiger partial charge in [0.1, 0.15) is 0 Å². The number of likely N-dealkylation sites (tertiary alicyclic amines) is 1. The van der Waals surface area contributed by atoms with Gasteiger partial charge in [0.05, 0.1) is 12.1 Å². The van der Waals surface area contributed by atoms with Crippen LogP contribution >= 0.6 is 0 Å². The number of hydrogen-bond donors (Lipinski definition) is 1. The summed E-state index contributed by atoms with van der Waals surface area (Å²) in [5.41, 5.74) is 3.02. The van der Waals surface area contributed by atoms with Gasteiger partial charge in [-0.3, -0.25) is 19.3 Å². The van der Waals surface area contributed by atoms with E-state index < -0.39 is 12.1 Å². The van der Waals surface area contributed by atoms with E-state index in [9.17, 15) is 22.8 Å². The van der Waals surface area contributed by atoms with Crippen molar-refractivity contribution in [2.75, 3.05) is 19.6 Å². The highest BCUT2D eigenvalue weighted by molar-refractivity contribution is 5.79. The number of amides is 2. The number of carbonyl (C=O) groups excluding carboxylic acids is 2. The van der Waals surface area contributed by atoms with E-state index in [0.717, 1.165) is 29.7 Å². The van der Waals surface area contributed by atoms with Crippen molar-refractivity contribution in [3.8, 4) is 0 Å². The van der Waals surface area contributed by atoms with E-state index in [2.05, 4.69) is 25.0 Å². The van der Waals surface area contributed by atoms with Crippen molar-refractivity contribution in [1.82, 2.24) is 24.6 Å². The third kappa shape index (κ3) is 6.21. The van der Waals surface area contributed by atoms with Crippen LogP contribution in [-0.4, -0.2) is 73.3 Å². The number of carboxylic acids is 1. The van der Waals surface area contributed by atoms with Crippen LogP contribution < -0.4 is 0 Å². The van der Waals surface area contributed by atoms with E-state index in [1.54, 1.807) is 19.3 Å². The fourth-order valence-corrected chi connectivity index (χ4v) is 4.57. The van der Waals surface area contributed by atoms with Gasteiger partial charge in [0, 0.05) is 68.7 Å². The lowest BCUT2D eigenvalue weighted by atomic mass is 9.72. The van der Waals surface area contributed by atoms with Crippen molar-refractivity contribution in [2.45, 2.75) is 64.2 Å². The molecule has 0 atom stereocenters. The van der Waals surface area contributed by atoms with Gasteiger partial charge in [0.15, 0.2) is 0 Å². The molecule has 12 heteroatoms. The number of pyridine rings is 1. The lowest BCUT2D eigenvalue weighted by molar-refractivity contribution is -0.192. The summed E-state index contributed by atoms with van der Waals surface area (Å²) >= 11 is 0. The fraction of sp³-hybridized carbons (Fsp3) is 0.542. The Morgan fingerprint density at radius 3 is 2.31 bits per heavy atom. The Hall–Kier alpha value is -3.44. The SMILES string of the molecule is CC(=O)N1CCC2(CC1)CN(C(=O)Cc1cccnc1)Cc1cn(C(C)C)nc12.O=C(O)C(F)(F)F. The number of fused-ring (bicyclic) bond motifs is 2. The maximum Gasteiger partial charge on any atom is 0.490 e. The smallest absolute Gasteiger partial charge is 0.475 e. The zero-order valence-corrected chi connectivity index (χ0v) is 20.5. The molecule has 1 spiro atoms. The number of aliphatic carboxylic acids is 1. The topological polar surface area (TPSA) is 109 Å². The molecule has 4 heterocycles. The maximum absolute atomic E-state index is 13.1. The summed E-state index contributed by atoms with van der Waals surface area (Å²) in [6.07, 6.45) is 2.53. The first kappa shape index (κ1) is 27.2. The van der Waals surface area contributed by atoms with Crippen molar-refractivity contribution >= 4 is 17.8 Å². The molecule has 2 amide bonds. The first-order valence-electron chi connectivity index (χ1n) is 11.6. The van der Waals surface area contributed by atoms with Gasteiger partial charge in [0.2, 0.25) is 11.8 Å². The van der Waals surface area contributed by atoms with Gasteiger partial charge in [-0.05, 0) is 38.3 Å². The molecule has 2 aromatic rings. The molecule has 0 unspecified atom stereocenters.